The minimum absolute atomic E-state index is 0.120. The van der Waals surface area contributed by atoms with E-state index in [2.05, 4.69) is 29.6 Å². The summed E-state index contributed by atoms with van der Waals surface area (Å²) in [4.78, 5) is 11.8. The van der Waals surface area contributed by atoms with Gasteiger partial charge in [0.05, 0.1) is 12.6 Å². The zero-order valence-corrected chi connectivity index (χ0v) is 13.1. The third-order valence-electron chi connectivity index (χ3n) is 4.12. The monoisotopic (exact) mass is 310 g/mol. The summed E-state index contributed by atoms with van der Waals surface area (Å²) >= 11 is 0. The molecule has 1 aliphatic rings. The van der Waals surface area contributed by atoms with Crippen LogP contribution in [0.4, 0.5) is 5.69 Å². The maximum absolute atomic E-state index is 11.8. The van der Waals surface area contributed by atoms with E-state index in [0.29, 0.717) is 13.0 Å². The minimum atomic E-state index is -0.433. The molecule has 0 aliphatic carbocycles. The Morgan fingerprint density at radius 3 is 2.83 bits per heavy atom. The Kier molecular flexibility index (Phi) is 4.93. The number of benzene rings is 2. The number of anilines is 1. The predicted octanol–water partition coefficient (Wildman–Crippen LogP) is 2.91. The van der Waals surface area contributed by atoms with Crippen LogP contribution in [-0.2, 0) is 17.6 Å². The number of amides is 1. The van der Waals surface area contributed by atoms with Crippen LogP contribution >= 0.6 is 0 Å². The van der Waals surface area contributed by atoms with Crippen LogP contribution in [0.3, 0.4) is 0 Å². The number of hydrogen-bond acceptors (Lipinski definition) is 3. The highest BCUT2D eigenvalue weighted by Gasteiger charge is 2.20. The van der Waals surface area contributed by atoms with Gasteiger partial charge in [-0.05, 0) is 42.9 Å². The highest BCUT2D eigenvalue weighted by atomic mass is 16.5. The van der Waals surface area contributed by atoms with Crippen LogP contribution in [0, 0.1) is 0 Å². The maximum atomic E-state index is 11.8. The van der Waals surface area contributed by atoms with E-state index in [9.17, 15) is 4.79 Å². The van der Waals surface area contributed by atoms with Crippen LogP contribution in [0.1, 0.15) is 24.0 Å². The molecular formula is C19H22N2O2. The topological polar surface area (TPSA) is 64.3 Å². The lowest BCUT2D eigenvalue weighted by Crippen LogP contribution is -2.34. The molecule has 0 fully saturated rings. The SMILES string of the molecule is NC1CCc2ccc(OCCCc3ccccc3)cc2NC1=O. The first-order chi connectivity index (χ1) is 11.2. The Bertz CT molecular complexity index is 670. The Hall–Kier alpha value is -2.33. The minimum Gasteiger partial charge on any atom is -0.494 e. The first-order valence-electron chi connectivity index (χ1n) is 8.08. The van der Waals surface area contributed by atoms with Crippen molar-refractivity contribution in [1.82, 2.24) is 0 Å². The number of nitrogens with one attached hydrogen (secondary N) is 1. The van der Waals surface area contributed by atoms with E-state index in [1.165, 1.54) is 5.56 Å². The number of aryl methyl sites for hydroxylation is 2. The fraction of sp³-hybridized carbons (Fsp3) is 0.316. The first-order valence-corrected chi connectivity index (χ1v) is 8.08. The molecule has 120 valence electrons. The second kappa shape index (κ2) is 7.29. The molecule has 3 N–H and O–H groups in total. The molecule has 1 aliphatic heterocycles. The van der Waals surface area contributed by atoms with Crippen molar-refractivity contribution in [2.75, 3.05) is 11.9 Å². The second-order valence-corrected chi connectivity index (χ2v) is 5.89. The van der Waals surface area contributed by atoms with Crippen molar-refractivity contribution < 1.29 is 9.53 Å². The van der Waals surface area contributed by atoms with Crippen LogP contribution < -0.4 is 15.8 Å². The molecule has 3 rings (SSSR count). The number of carbonyl (C=O) groups is 1. The zero-order valence-electron chi connectivity index (χ0n) is 13.1. The van der Waals surface area contributed by atoms with Gasteiger partial charge in [0.25, 0.3) is 0 Å². The number of rotatable bonds is 5. The molecule has 0 bridgehead atoms. The van der Waals surface area contributed by atoms with Gasteiger partial charge in [-0.25, -0.2) is 0 Å². The van der Waals surface area contributed by atoms with Gasteiger partial charge in [0.15, 0.2) is 0 Å². The summed E-state index contributed by atoms with van der Waals surface area (Å²) in [5, 5.41) is 2.88. The van der Waals surface area contributed by atoms with Crippen LogP contribution in [-0.4, -0.2) is 18.6 Å². The van der Waals surface area contributed by atoms with Crippen LogP contribution in [0.2, 0.25) is 0 Å². The van der Waals surface area contributed by atoms with E-state index in [-0.39, 0.29) is 5.91 Å². The van der Waals surface area contributed by atoms with Gasteiger partial charge in [-0.1, -0.05) is 36.4 Å². The second-order valence-electron chi connectivity index (χ2n) is 5.89. The number of ether oxygens (including phenoxy) is 1. The lowest BCUT2D eigenvalue weighted by atomic mass is 10.1. The molecule has 4 nitrogen and oxygen atoms in total. The predicted molar refractivity (Wildman–Crippen MR) is 91.6 cm³/mol. The highest BCUT2D eigenvalue weighted by Crippen LogP contribution is 2.26. The van der Waals surface area contributed by atoms with Crippen molar-refractivity contribution in [1.29, 1.82) is 0 Å². The van der Waals surface area contributed by atoms with Gasteiger partial charge in [-0.3, -0.25) is 4.79 Å². The maximum Gasteiger partial charge on any atom is 0.241 e. The van der Waals surface area contributed by atoms with E-state index in [0.717, 1.165) is 36.3 Å². The lowest BCUT2D eigenvalue weighted by Gasteiger charge is -2.11. The molecule has 1 amide bonds. The molecule has 2 aromatic rings. The van der Waals surface area contributed by atoms with Crippen molar-refractivity contribution >= 4 is 11.6 Å². The van der Waals surface area contributed by atoms with Crippen LogP contribution in [0.5, 0.6) is 5.75 Å². The zero-order chi connectivity index (χ0) is 16.1. The summed E-state index contributed by atoms with van der Waals surface area (Å²) < 4.78 is 5.81. The quantitative estimate of drug-likeness (QED) is 0.835. The van der Waals surface area contributed by atoms with Gasteiger partial charge in [0, 0.05) is 11.8 Å². The summed E-state index contributed by atoms with van der Waals surface area (Å²) in [7, 11) is 0. The van der Waals surface area contributed by atoms with E-state index < -0.39 is 6.04 Å². The van der Waals surface area contributed by atoms with Crippen molar-refractivity contribution in [3.05, 3.63) is 59.7 Å². The standard InChI is InChI=1S/C19H22N2O2/c20-17-11-9-15-8-10-16(13-18(15)21-19(17)22)23-12-4-7-14-5-2-1-3-6-14/h1-3,5-6,8,10,13,17H,4,7,9,11-12,20H2,(H,21,22). The molecule has 1 unspecified atom stereocenters. The van der Waals surface area contributed by atoms with Crippen molar-refractivity contribution in [3.8, 4) is 5.75 Å². The van der Waals surface area contributed by atoms with Gasteiger partial charge in [0.2, 0.25) is 5.91 Å². The molecular weight excluding hydrogens is 288 g/mol. The van der Waals surface area contributed by atoms with Gasteiger partial charge in [-0.2, -0.15) is 0 Å². The number of fused-ring (bicyclic) bond motifs is 1. The van der Waals surface area contributed by atoms with Gasteiger partial charge in [0.1, 0.15) is 5.75 Å². The van der Waals surface area contributed by atoms with Gasteiger partial charge in [-0.15, -0.1) is 0 Å². The Morgan fingerprint density at radius 1 is 1.17 bits per heavy atom. The molecule has 2 aromatic carbocycles. The summed E-state index contributed by atoms with van der Waals surface area (Å²) in [6.45, 7) is 0.654. The molecule has 0 spiro atoms. The third kappa shape index (κ3) is 4.11. The van der Waals surface area contributed by atoms with Gasteiger partial charge >= 0.3 is 0 Å². The highest BCUT2D eigenvalue weighted by molar-refractivity contribution is 5.96. The summed E-state index contributed by atoms with van der Waals surface area (Å²) in [5.74, 6) is 0.664. The molecule has 0 saturated carbocycles. The number of nitrogens with two attached hydrogens (primary N) is 1. The lowest BCUT2D eigenvalue weighted by molar-refractivity contribution is -0.117. The van der Waals surface area contributed by atoms with Crippen molar-refractivity contribution in [2.45, 2.75) is 31.7 Å². The summed E-state index contributed by atoms with van der Waals surface area (Å²) in [6.07, 6.45) is 3.44. The van der Waals surface area contributed by atoms with Crippen molar-refractivity contribution in [2.24, 2.45) is 5.73 Å². The molecule has 23 heavy (non-hydrogen) atoms. The molecule has 0 radical (unpaired) electrons. The average Bonchev–Trinajstić information content (AvgIpc) is 2.71. The molecule has 0 aromatic heterocycles. The molecule has 1 atom stereocenters. The van der Waals surface area contributed by atoms with E-state index in [4.69, 9.17) is 10.5 Å². The normalized spacial score (nSPS) is 17.1. The molecule has 4 heteroatoms. The van der Waals surface area contributed by atoms with E-state index in [1.807, 2.05) is 24.3 Å². The fourth-order valence-corrected chi connectivity index (χ4v) is 2.76. The van der Waals surface area contributed by atoms with Crippen molar-refractivity contribution in [3.63, 3.8) is 0 Å². The number of hydrogen-bond donors (Lipinski definition) is 2. The Labute approximate surface area is 136 Å². The molecule has 0 saturated heterocycles. The third-order valence-corrected chi connectivity index (χ3v) is 4.12. The number of carbonyl (C=O) groups excluding carboxylic acids is 1. The summed E-state index contributed by atoms with van der Waals surface area (Å²) in [6, 6.07) is 15.8. The Balaban J connectivity index is 1.55. The fourth-order valence-electron chi connectivity index (χ4n) is 2.76. The Morgan fingerprint density at radius 2 is 2.00 bits per heavy atom. The summed E-state index contributed by atoms with van der Waals surface area (Å²) in [5.41, 5.74) is 9.06. The average molecular weight is 310 g/mol. The smallest absolute Gasteiger partial charge is 0.241 e. The van der Waals surface area contributed by atoms with E-state index >= 15 is 0 Å². The molecule has 1 heterocycles. The van der Waals surface area contributed by atoms with E-state index in [1.54, 1.807) is 0 Å². The van der Waals surface area contributed by atoms with Gasteiger partial charge < -0.3 is 15.8 Å². The largest absolute Gasteiger partial charge is 0.494 e. The van der Waals surface area contributed by atoms with Crippen LogP contribution in [0.25, 0.3) is 0 Å². The van der Waals surface area contributed by atoms with Crippen LogP contribution in [0.15, 0.2) is 48.5 Å². The first kappa shape index (κ1) is 15.6.